The van der Waals surface area contributed by atoms with Crippen LogP contribution in [-0.2, 0) is 7.05 Å². The molecule has 0 saturated heterocycles. The van der Waals surface area contributed by atoms with E-state index in [1.54, 1.807) is 6.07 Å². The highest BCUT2D eigenvalue weighted by atomic mass is 79.9. The lowest BCUT2D eigenvalue weighted by molar-refractivity contribution is 0.436. The van der Waals surface area contributed by atoms with E-state index in [1.807, 2.05) is 29.9 Å². The van der Waals surface area contributed by atoms with Gasteiger partial charge >= 0.3 is 0 Å². The van der Waals surface area contributed by atoms with Crippen molar-refractivity contribution in [1.29, 1.82) is 0 Å². The number of hydrogen-bond donors (Lipinski definition) is 1. The molecule has 5 heteroatoms. The minimum atomic E-state index is 0.397. The highest BCUT2D eigenvalue weighted by molar-refractivity contribution is 9.10. The summed E-state index contributed by atoms with van der Waals surface area (Å²) in [5.41, 5.74) is 7.70. The summed E-state index contributed by atoms with van der Waals surface area (Å²) >= 11 is 3.47. The Morgan fingerprint density at radius 1 is 1.35 bits per heavy atom. The van der Waals surface area contributed by atoms with Crippen LogP contribution in [-0.4, -0.2) is 9.72 Å². The van der Waals surface area contributed by atoms with Crippen LogP contribution in [0.15, 0.2) is 39.5 Å². The molecule has 0 saturated carbocycles. The Bertz CT molecular complexity index is 699. The summed E-state index contributed by atoms with van der Waals surface area (Å²) in [6.07, 6.45) is 2.01. The van der Waals surface area contributed by atoms with Crippen molar-refractivity contribution in [3.63, 3.8) is 0 Å². The molecule has 0 unspecified atom stereocenters. The Labute approximate surface area is 106 Å². The van der Waals surface area contributed by atoms with E-state index in [4.69, 9.17) is 10.3 Å². The van der Waals surface area contributed by atoms with E-state index in [1.165, 1.54) is 0 Å². The summed E-state index contributed by atoms with van der Waals surface area (Å²) in [6, 6.07) is 7.86. The van der Waals surface area contributed by atoms with Crippen molar-refractivity contribution in [3.05, 3.63) is 34.9 Å². The molecular weight excluding hydrogens is 282 g/mol. The van der Waals surface area contributed by atoms with E-state index in [9.17, 15) is 0 Å². The SMILES string of the molecule is Cn1cc(-c2cc(N)no2)c2ccc(Br)cc21. The van der Waals surface area contributed by atoms with E-state index in [2.05, 4.69) is 27.2 Å². The quantitative estimate of drug-likeness (QED) is 0.749. The molecule has 86 valence electrons. The van der Waals surface area contributed by atoms with Gasteiger partial charge in [0.05, 0.1) is 0 Å². The first-order valence-electron chi connectivity index (χ1n) is 5.12. The molecule has 1 aromatic carbocycles. The number of rotatable bonds is 1. The van der Waals surface area contributed by atoms with Crippen molar-refractivity contribution in [2.45, 2.75) is 0 Å². The largest absolute Gasteiger partial charge is 0.381 e. The van der Waals surface area contributed by atoms with Crippen LogP contribution in [0.2, 0.25) is 0 Å². The maximum Gasteiger partial charge on any atom is 0.171 e. The van der Waals surface area contributed by atoms with Crippen LogP contribution in [0.5, 0.6) is 0 Å². The fourth-order valence-electron chi connectivity index (χ4n) is 1.97. The van der Waals surface area contributed by atoms with Crippen molar-refractivity contribution in [3.8, 4) is 11.3 Å². The number of aromatic nitrogens is 2. The van der Waals surface area contributed by atoms with E-state index in [0.717, 1.165) is 20.9 Å². The molecule has 2 aromatic heterocycles. The number of hydrogen-bond acceptors (Lipinski definition) is 3. The van der Waals surface area contributed by atoms with Gasteiger partial charge in [0.1, 0.15) is 0 Å². The number of halogens is 1. The Kier molecular flexibility index (Phi) is 2.22. The van der Waals surface area contributed by atoms with Gasteiger partial charge in [-0.2, -0.15) is 0 Å². The first-order chi connectivity index (χ1) is 8.15. The first kappa shape index (κ1) is 10.4. The van der Waals surface area contributed by atoms with Crippen molar-refractivity contribution in [2.24, 2.45) is 7.05 Å². The monoisotopic (exact) mass is 291 g/mol. The number of nitrogens with zero attached hydrogens (tertiary/aromatic N) is 2. The van der Waals surface area contributed by atoms with Crippen LogP contribution < -0.4 is 5.73 Å². The topological polar surface area (TPSA) is 57.0 Å². The normalized spacial score (nSPS) is 11.2. The van der Waals surface area contributed by atoms with E-state index >= 15 is 0 Å². The number of benzene rings is 1. The van der Waals surface area contributed by atoms with E-state index in [0.29, 0.717) is 11.6 Å². The molecule has 0 fully saturated rings. The van der Waals surface area contributed by atoms with Crippen molar-refractivity contribution < 1.29 is 4.52 Å². The predicted octanol–water partition coefficient (Wildman–Crippen LogP) is 3.18. The van der Waals surface area contributed by atoms with Gasteiger partial charge in [0.15, 0.2) is 11.6 Å². The van der Waals surface area contributed by atoms with Gasteiger partial charge in [-0.05, 0) is 12.1 Å². The third-order valence-electron chi connectivity index (χ3n) is 2.75. The van der Waals surface area contributed by atoms with Gasteiger partial charge in [0.25, 0.3) is 0 Å². The zero-order chi connectivity index (χ0) is 12.0. The second kappa shape index (κ2) is 3.63. The first-order valence-corrected chi connectivity index (χ1v) is 5.91. The Morgan fingerprint density at radius 3 is 2.88 bits per heavy atom. The third-order valence-corrected chi connectivity index (χ3v) is 3.24. The molecule has 17 heavy (non-hydrogen) atoms. The molecule has 0 amide bonds. The minimum absolute atomic E-state index is 0.397. The molecule has 0 spiro atoms. The zero-order valence-electron chi connectivity index (χ0n) is 9.14. The van der Waals surface area contributed by atoms with E-state index in [-0.39, 0.29) is 0 Å². The van der Waals surface area contributed by atoms with Gasteiger partial charge in [0.2, 0.25) is 0 Å². The molecule has 0 radical (unpaired) electrons. The van der Waals surface area contributed by atoms with Crippen LogP contribution in [0, 0.1) is 0 Å². The molecular formula is C12H10BrN3O. The molecule has 3 rings (SSSR count). The van der Waals surface area contributed by atoms with Gasteiger partial charge in [-0.3, -0.25) is 0 Å². The second-order valence-electron chi connectivity index (χ2n) is 3.93. The molecule has 2 N–H and O–H groups in total. The van der Waals surface area contributed by atoms with Gasteiger partial charge in [-0.25, -0.2) is 0 Å². The van der Waals surface area contributed by atoms with Crippen molar-refractivity contribution >= 4 is 32.7 Å². The molecule has 3 aromatic rings. The smallest absolute Gasteiger partial charge is 0.171 e. The van der Waals surface area contributed by atoms with Crippen molar-refractivity contribution in [1.82, 2.24) is 9.72 Å². The van der Waals surface area contributed by atoms with Gasteiger partial charge < -0.3 is 14.8 Å². The van der Waals surface area contributed by atoms with Crippen LogP contribution in [0.25, 0.3) is 22.2 Å². The van der Waals surface area contributed by atoms with E-state index < -0.39 is 0 Å². The predicted molar refractivity (Wildman–Crippen MR) is 70.5 cm³/mol. The maximum atomic E-state index is 5.57. The summed E-state index contributed by atoms with van der Waals surface area (Å²) in [5.74, 6) is 1.09. The standard InChI is InChI=1S/C12H10BrN3O/c1-16-6-9(11-5-12(14)15-17-11)8-3-2-7(13)4-10(8)16/h2-6H,1H3,(H2,14,15). The fourth-order valence-corrected chi connectivity index (χ4v) is 2.32. The minimum Gasteiger partial charge on any atom is -0.381 e. The average Bonchev–Trinajstić information content (AvgIpc) is 2.84. The summed E-state index contributed by atoms with van der Waals surface area (Å²) in [4.78, 5) is 0. The zero-order valence-corrected chi connectivity index (χ0v) is 10.7. The van der Waals surface area contributed by atoms with Crippen LogP contribution in [0.4, 0.5) is 5.82 Å². The Hall–Kier alpha value is -1.75. The molecule has 0 atom stereocenters. The summed E-state index contributed by atoms with van der Waals surface area (Å²) in [7, 11) is 2.00. The molecule has 0 aliphatic carbocycles. The van der Waals surface area contributed by atoms with Gasteiger partial charge in [0, 0.05) is 40.2 Å². The second-order valence-corrected chi connectivity index (χ2v) is 4.85. The lowest BCUT2D eigenvalue weighted by atomic mass is 10.1. The maximum absolute atomic E-state index is 5.57. The van der Waals surface area contributed by atoms with Gasteiger partial charge in [-0.1, -0.05) is 27.2 Å². The highest BCUT2D eigenvalue weighted by Gasteiger charge is 2.12. The Balaban J connectivity index is 2.31. The number of nitrogens with two attached hydrogens (primary N) is 1. The molecule has 0 aliphatic rings. The molecule has 4 nitrogen and oxygen atoms in total. The fraction of sp³-hybridized carbons (Fsp3) is 0.0833. The average molecular weight is 292 g/mol. The van der Waals surface area contributed by atoms with Crippen molar-refractivity contribution in [2.75, 3.05) is 5.73 Å². The number of anilines is 1. The Morgan fingerprint density at radius 2 is 2.18 bits per heavy atom. The van der Waals surface area contributed by atoms with Crippen LogP contribution in [0.3, 0.4) is 0 Å². The third kappa shape index (κ3) is 1.63. The number of fused-ring (bicyclic) bond motifs is 1. The van der Waals surface area contributed by atoms with Crippen LogP contribution >= 0.6 is 15.9 Å². The lowest BCUT2D eigenvalue weighted by Crippen LogP contribution is -1.82. The molecule has 0 aliphatic heterocycles. The summed E-state index contributed by atoms with van der Waals surface area (Å²) in [5, 5.41) is 4.83. The molecule has 0 bridgehead atoms. The summed E-state index contributed by atoms with van der Waals surface area (Å²) in [6.45, 7) is 0. The lowest BCUT2D eigenvalue weighted by Gasteiger charge is -1.96. The van der Waals surface area contributed by atoms with Gasteiger partial charge in [-0.15, -0.1) is 0 Å². The van der Waals surface area contributed by atoms with Crippen LogP contribution in [0.1, 0.15) is 0 Å². The summed E-state index contributed by atoms with van der Waals surface area (Å²) < 4.78 is 8.30. The number of aryl methyl sites for hydroxylation is 1. The molecule has 2 heterocycles. The number of nitrogen functional groups attached to an aromatic ring is 1. The highest BCUT2D eigenvalue weighted by Crippen LogP contribution is 2.32.